The fourth-order valence-electron chi connectivity index (χ4n) is 14.5. The first kappa shape index (κ1) is 34.2. The summed E-state index contributed by atoms with van der Waals surface area (Å²) in [7, 11) is 0. The van der Waals surface area contributed by atoms with Crippen LogP contribution in [0.1, 0.15) is 93.2 Å². The summed E-state index contributed by atoms with van der Waals surface area (Å²) < 4.78 is 0. The predicted molar refractivity (Wildman–Crippen MR) is 245 cm³/mol. The molecule has 1 spiro atoms. The second kappa shape index (κ2) is 11.8. The average molecular weight is 762 g/mol. The molecule has 0 aromatic heterocycles. The summed E-state index contributed by atoms with van der Waals surface area (Å²) >= 11 is 0. The highest BCUT2D eigenvalue weighted by atomic mass is 15.1. The Kier molecular flexibility index (Phi) is 6.82. The van der Waals surface area contributed by atoms with E-state index in [1.54, 1.807) is 11.1 Å². The highest BCUT2D eigenvalue weighted by Crippen LogP contribution is 2.70. The summed E-state index contributed by atoms with van der Waals surface area (Å²) in [5, 5.41) is 0. The van der Waals surface area contributed by atoms with E-state index < -0.39 is 0 Å². The summed E-state index contributed by atoms with van der Waals surface area (Å²) in [6.07, 6.45) is 7.02. The molecule has 7 aromatic rings. The van der Waals surface area contributed by atoms with Gasteiger partial charge in [-0.1, -0.05) is 143 Å². The molecule has 0 atom stereocenters. The molecule has 7 aliphatic carbocycles. The minimum absolute atomic E-state index is 0.0926. The van der Waals surface area contributed by atoms with Crippen molar-refractivity contribution in [3.8, 4) is 44.5 Å². The number of hydrogen-bond acceptors (Lipinski definition) is 1. The van der Waals surface area contributed by atoms with E-state index in [2.05, 4.69) is 184 Å². The molecule has 4 bridgehead atoms. The van der Waals surface area contributed by atoms with E-state index in [1.165, 1.54) is 116 Å². The number of anilines is 3. The van der Waals surface area contributed by atoms with Gasteiger partial charge >= 0.3 is 0 Å². The molecule has 1 nitrogen and oxygen atoms in total. The first-order valence-electron chi connectivity index (χ1n) is 22.4. The van der Waals surface area contributed by atoms with Crippen LogP contribution in [-0.4, -0.2) is 0 Å². The van der Waals surface area contributed by atoms with Crippen molar-refractivity contribution in [3.63, 3.8) is 0 Å². The van der Waals surface area contributed by atoms with Crippen molar-refractivity contribution < 1.29 is 0 Å². The van der Waals surface area contributed by atoms with Crippen LogP contribution in [0.5, 0.6) is 0 Å². The van der Waals surface area contributed by atoms with Crippen molar-refractivity contribution in [2.75, 3.05) is 4.90 Å². The molecule has 7 aromatic carbocycles. The van der Waals surface area contributed by atoms with Crippen molar-refractivity contribution in [3.05, 3.63) is 185 Å². The van der Waals surface area contributed by atoms with Crippen LogP contribution < -0.4 is 4.90 Å². The monoisotopic (exact) mass is 761 g/mol. The first-order chi connectivity index (χ1) is 28.7. The molecule has 0 amide bonds. The molecule has 4 fully saturated rings. The normalized spacial score (nSPS) is 24.9. The molecular formula is C58H51N. The van der Waals surface area contributed by atoms with Crippen LogP contribution in [0.3, 0.4) is 0 Å². The molecule has 0 saturated heterocycles. The molecule has 4 saturated carbocycles. The summed E-state index contributed by atoms with van der Waals surface area (Å²) in [5.41, 5.74) is 23.5. The molecule has 1 heteroatoms. The second-order valence-electron chi connectivity index (χ2n) is 20.1. The van der Waals surface area contributed by atoms with E-state index in [1.807, 2.05) is 0 Å². The van der Waals surface area contributed by atoms with Gasteiger partial charge in [0.25, 0.3) is 0 Å². The average Bonchev–Trinajstić information content (AvgIpc) is 3.77. The summed E-state index contributed by atoms with van der Waals surface area (Å²) in [5.74, 6) is 3.27. The topological polar surface area (TPSA) is 3.24 Å². The number of hydrogen-bond donors (Lipinski definition) is 0. The lowest BCUT2D eigenvalue weighted by atomic mass is 9.43. The van der Waals surface area contributed by atoms with Gasteiger partial charge in [-0.3, -0.25) is 0 Å². The standard InChI is InChI=1S/C58H51N/c1-56(2)50-20-8-5-15-44(50)47-25-23-41(33-53(47)56)59(40-14-11-13-37(32-40)43-18-12-19-49-46-17-6-9-21-51(46)57(3,4)55(43)49)42-24-26-48-45-16-7-10-22-52(45)58(54(48)34-42)38-28-35-27-36(30-38)31-39(58)29-35/h5-26,32-36,38-39H,27-31H2,1-4H3. The molecule has 0 heterocycles. The molecular weight excluding hydrogens is 711 g/mol. The molecule has 0 aliphatic heterocycles. The quantitative estimate of drug-likeness (QED) is 0.173. The van der Waals surface area contributed by atoms with E-state index >= 15 is 0 Å². The fourth-order valence-corrected chi connectivity index (χ4v) is 14.5. The van der Waals surface area contributed by atoms with Crippen molar-refractivity contribution in [1.29, 1.82) is 0 Å². The van der Waals surface area contributed by atoms with Crippen LogP contribution in [0.15, 0.2) is 152 Å². The number of benzene rings is 7. The SMILES string of the molecule is CC1(C)c2ccccc2-c2ccc(N(c3cccc(-c4cccc5c4C(C)(C)c4ccccc4-5)c3)c3ccc4c(c3)C3(c5ccccc5-4)C4CC5CC(C4)CC3C5)cc21. The van der Waals surface area contributed by atoms with E-state index in [-0.39, 0.29) is 16.2 Å². The molecule has 0 radical (unpaired) electrons. The van der Waals surface area contributed by atoms with Crippen molar-refractivity contribution in [2.24, 2.45) is 23.7 Å². The van der Waals surface area contributed by atoms with Crippen LogP contribution in [0.2, 0.25) is 0 Å². The maximum Gasteiger partial charge on any atom is 0.0467 e. The first-order valence-corrected chi connectivity index (χ1v) is 22.4. The zero-order chi connectivity index (χ0) is 39.4. The molecule has 288 valence electrons. The van der Waals surface area contributed by atoms with Crippen LogP contribution in [0.4, 0.5) is 17.1 Å². The third-order valence-electron chi connectivity index (χ3n) is 16.6. The highest BCUT2D eigenvalue weighted by molar-refractivity contribution is 5.92. The van der Waals surface area contributed by atoms with Gasteiger partial charge < -0.3 is 4.90 Å². The van der Waals surface area contributed by atoms with E-state index in [9.17, 15) is 0 Å². The van der Waals surface area contributed by atoms with Gasteiger partial charge in [-0.25, -0.2) is 0 Å². The predicted octanol–water partition coefficient (Wildman–Crippen LogP) is 15.2. The Morgan fingerprint density at radius 3 is 1.53 bits per heavy atom. The van der Waals surface area contributed by atoms with Crippen molar-refractivity contribution in [2.45, 2.75) is 76.0 Å². The Hall–Kier alpha value is -5.66. The largest absolute Gasteiger partial charge is 0.310 e. The third kappa shape index (κ3) is 4.41. The van der Waals surface area contributed by atoms with Crippen LogP contribution in [0.25, 0.3) is 44.5 Å². The van der Waals surface area contributed by atoms with Gasteiger partial charge in [-0.2, -0.15) is 0 Å². The Labute approximate surface area is 349 Å². The van der Waals surface area contributed by atoms with Gasteiger partial charge in [0.1, 0.15) is 0 Å². The lowest BCUT2D eigenvalue weighted by molar-refractivity contribution is -0.0399. The maximum absolute atomic E-state index is 2.66. The zero-order valence-corrected chi connectivity index (χ0v) is 34.7. The summed E-state index contributed by atoms with van der Waals surface area (Å²) in [4.78, 5) is 2.60. The van der Waals surface area contributed by atoms with Crippen molar-refractivity contribution >= 4 is 17.1 Å². The fraction of sp³-hybridized carbons (Fsp3) is 0.276. The smallest absolute Gasteiger partial charge is 0.0467 e. The number of fused-ring (bicyclic) bond motifs is 9. The minimum Gasteiger partial charge on any atom is -0.310 e. The Morgan fingerprint density at radius 2 is 0.847 bits per heavy atom. The maximum atomic E-state index is 2.66. The molecule has 7 aliphatic rings. The van der Waals surface area contributed by atoms with Gasteiger partial charge in [0.15, 0.2) is 0 Å². The Bertz CT molecular complexity index is 2890. The number of rotatable bonds is 4. The Morgan fingerprint density at radius 1 is 0.373 bits per heavy atom. The van der Waals surface area contributed by atoms with E-state index in [0.717, 1.165) is 23.7 Å². The molecule has 0 N–H and O–H groups in total. The highest BCUT2D eigenvalue weighted by Gasteiger charge is 2.61. The third-order valence-corrected chi connectivity index (χ3v) is 16.6. The van der Waals surface area contributed by atoms with Crippen LogP contribution >= 0.6 is 0 Å². The van der Waals surface area contributed by atoms with Crippen LogP contribution in [0, 0.1) is 23.7 Å². The minimum atomic E-state index is -0.0965. The van der Waals surface area contributed by atoms with Gasteiger partial charge in [0.2, 0.25) is 0 Å². The van der Waals surface area contributed by atoms with Gasteiger partial charge in [-0.05, 0) is 170 Å². The lowest BCUT2D eigenvalue weighted by Crippen LogP contribution is -2.55. The van der Waals surface area contributed by atoms with Gasteiger partial charge in [0.05, 0.1) is 0 Å². The van der Waals surface area contributed by atoms with Crippen molar-refractivity contribution in [1.82, 2.24) is 0 Å². The van der Waals surface area contributed by atoms with Crippen LogP contribution in [-0.2, 0) is 16.2 Å². The molecule has 0 unspecified atom stereocenters. The van der Waals surface area contributed by atoms with E-state index in [0.29, 0.717) is 0 Å². The number of nitrogens with zero attached hydrogens (tertiary/aromatic N) is 1. The zero-order valence-electron chi connectivity index (χ0n) is 34.7. The lowest BCUT2D eigenvalue weighted by Gasteiger charge is -2.61. The second-order valence-corrected chi connectivity index (χ2v) is 20.1. The summed E-state index contributed by atoms with van der Waals surface area (Å²) in [6, 6.07) is 58.9. The molecule has 59 heavy (non-hydrogen) atoms. The Balaban J connectivity index is 1.02. The summed E-state index contributed by atoms with van der Waals surface area (Å²) in [6.45, 7) is 9.63. The van der Waals surface area contributed by atoms with Gasteiger partial charge in [-0.15, -0.1) is 0 Å². The molecule has 14 rings (SSSR count). The van der Waals surface area contributed by atoms with Gasteiger partial charge in [0, 0.05) is 33.3 Å². The van der Waals surface area contributed by atoms with E-state index in [4.69, 9.17) is 0 Å².